The maximum Gasteiger partial charge on any atom is 0.0468 e. The first-order valence-electron chi connectivity index (χ1n) is 26.9. The molecule has 0 N–H and O–H groups in total. The number of fused-ring (bicyclic) bond motifs is 9. The van der Waals surface area contributed by atoms with Gasteiger partial charge in [0.05, 0.1) is 0 Å². The fraction of sp³-hybridized carbons (Fsp3) is 0.0278. The highest BCUT2D eigenvalue weighted by Crippen LogP contribution is 2.48. The molecule has 1 aliphatic carbocycles. The Morgan fingerprint density at radius 3 is 0.722 bits per heavy atom. The molecular weight excluding hydrogens is 1020 g/mol. The first-order chi connectivity index (χ1) is 39.1. The molecular formula is C72H50N4S3. The van der Waals surface area contributed by atoms with Crippen LogP contribution in [-0.2, 0) is 0 Å². The molecule has 0 radical (unpaired) electrons. The van der Waals surface area contributed by atoms with Crippen molar-refractivity contribution in [3.8, 4) is 0 Å². The van der Waals surface area contributed by atoms with Crippen molar-refractivity contribution >= 4 is 157 Å². The molecule has 0 amide bonds. The predicted octanol–water partition coefficient (Wildman–Crippen LogP) is 22.6. The lowest BCUT2D eigenvalue weighted by Crippen LogP contribution is -2.17. The fourth-order valence-electron chi connectivity index (χ4n) is 11.6. The lowest BCUT2D eigenvalue weighted by atomic mass is 10.0. The Balaban J connectivity index is 0.838. The summed E-state index contributed by atoms with van der Waals surface area (Å²) >= 11 is 5.59. The lowest BCUT2D eigenvalue weighted by molar-refractivity contribution is 0.918. The molecule has 0 aliphatic heterocycles. The molecule has 14 aromatic rings. The van der Waals surface area contributed by atoms with Crippen LogP contribution in [0.3, 0.4) is 0 Å². The lowest BCUT2D eigenvalue weighted by Gasteiger charge is -2.29. The molecule has 0 saturated heterocycles. The Kier molecular flexibility index (Phi) is 11.9. The van der Waals surface area contributed by atoms with Gasteiger partial charge in [0.15, 0.2) is 0 Å². The van der Waals surface area contributed by atoms with Crippen molar-refractivity contribution in [3.05, 3.63) is 285 Å². The number of para-hydroxylation sites is 5. The van der Waals surface area contributed by atoms with Gasteiger partial charge in [-0.25, -0.2) is 0 Å². The summed E-state index contributed by atoms with van der Waals surface area (Å²) in [5.74, 6) is 0. The minimum atomic E-state index is 0.953. The van der Waals surface area contributed by atoms with E-state index in [1.807, 2.05) is 34.0 Å². The summed E-state index contributed by atoms with van der Waals surface area (Å²) in [6.07, 6.45) is 8.76. The maximum absolute atomic E-state index is 2.50. The maximum atomic E-state index is 2.50. The molecule has 79 heavy (non-hydrogen) atoms. The van der Waals surface area contributed by atoms with Gasteiger partial charge in [-0.2, -0.15) is 0 Å². The van der Waals surface area contributed by atoms with E-state index in [1.165, 1.54) is 66.2 Å². The van der Waals surface area contributed by atoms with Gasteiger partial charge in [-0.3, -0.25) is 0 Å². The third kappa shape index (κ3) is 8.60. The van der Waals surface area contributed by atoms with Gasteiger partial charge in [-0.1, -0.05) is 103 Å². The number of allylic oxidation sites excluding steroid dienone is 4. The van der Waals surface area contributed by atoms with E-state index in [1.54, 1.807) is 0 Å². The number of nitrogens with zero attached hydrogens (tertiary/aromatic N) is 4. The minimum Gasteiger partial charge on any atom is -0.314 e. The van der Waals surface area contributed by atoms with Crippen LogP contribution in [0.5, 0.6) is 0 Å². The van der Waals surface area contributed by atoms with Crippen LogP contribution in [-0.4, -0.2) is 0 Å². The normalized spacial score (nSPS) is 12.5. The molecule has 11 aromatic carbocycles. The van der Waals surface area contributed by atoms with E-state index < -0.39 is 0 Å². The van der Waals surface area contributed by atoms with Crippen molar-refractivity contribution in [2.75, 3.05) is 19.6 Å². The van der Waals surface area contributed by atoms with Gasteiger partial charge in [0.25, 0.3) is 0 Å². The molecule has 0 saturated carbocycles. The average molecular weight is 1070 g/mol. The zero-order chi connectivity index (χ0) is 52.2. The standard InChI is InChI=1S/C72H50N4S3/c1-7-19-49(20-8-1)73(50-21-9-2-10-22-50)55-31-37-67-61(43-55)63-45-57(33-39-69(63)77-67)75(53-27-15-5-16-28-53)59-35-41-71-65(47-59)66-48-60(36-42-72(66)79-71)76(54-29-17-6-18-30-54)58-34-40-70-64(46-58)62-44-56(32-38-68(62)78-70)74(51-23-11-3-12-24-51)52-25-13-4-14-26-52/h1-17,19-29,31-48H,18,30H2. The van der Waals surface area contributed by atoms with E-state index in [9.17, 15) is 0 Å². The van der Waals surface area contributed by atoms with Gasteiger partial charge in [0.1, 0.15) is 0 Å². The predicted molar refractivity (Wildman–Crippen MR) is 344 cm³/mol. The van der Waals surface area contributed by atoms with E-state index in [4.69, 9.17) is 0 Å². The van der Waals surface area contributed by atoms with Crippen LogP contribution in [0.1, 0.15) is 12.8 Å². The fourth-order valence-corrected chi connectivity index (χ4v) is 14.8. The summed E-state index contributed by atoms with van der Waals surface area (Å²) in [6.45, 7) is 0. The molecule has 3 heterocycles. The van der Waals surface area contributed by atoms with E-state index in [-0.39, 0.29) is 0 Å². The molecule has 7 heteroatoms. The highest BCUT2D eigenvalue weighted by Gasteiger charge is 2.23. The second-order valence-electron chi connectivity index (χ2n) is 20.0. The topological polar surface area (TPSA) is 13.0 Å². The number of thiophene rings is 3. The first-order valence-corrected chi connectivity index (χ1v) is 29.3. The summed E-state index contributed by atoms with van der Waals surface area (Å²) in [6, 6.07) is 95.6. The number of hydrogen-bond acceptors (Lipinski definition) is 7. The van der Waals surface area contributed by atoms with Gasteiger partial charge in [-0.15, -0.1) is 34.0 Å². The minimum absolute atomic E-state index is 0.953. The van der Waals surface area contributed by atoms with E-state index in [0.717, 1.165) is 75.4 Å². The Hall–Kier alpha value is -9.24. The molecule has 0 atom stereocenters. The highest BCUT2D eigenvalue weighted by atomic mass is 32.1. The molecule has 1 aliphatic rings. The van der Waals surface area contributed by atoms with Crippen molar-refractivity contribution in [1.82, 2.24) is 0 Å². The van der Waals surface area contributed by atoms with Gasteiger partial charge >= 0.3 is 0 Å². The van der Waals surface area contributed by atoms with Crippen LogP contribution in [0.2, 0.25) is 0 Å². The van der Waals surface area contributed by atoms with Crippen molar-refractivity contribution in [2.45, 2.75) is 12.8 Å². The zero-order valence-electron chi connectivity index (χ0n) is 43.0. The Morgan fingerprint density at radius 2 is 0.481 bits per heavy atom. The molecule has 4 nitrogen and oxygen atoms in total. The van der Waals surface area contributed by atoms with Crippen LogP contribution >= 0.6 is 34.0 Å². The molecule has 0 unspecified atom stereocenters. The molecule has 3 aromatic heterocycles. The average Bonchev–Trinajstić information content (AvgIpc) is 4.33. The molecule has 0 spiro atoms. The van der Waals surface area contributed by atoms with E-state index in [2.05, 4.69) is 299 Å². The Bertz CT molecular complexity index is 4540. The summed E-state index contributed by atoms with van der Waals surface area (Å²) in [4.78, 5) is 9.64. The second-order valence-corrected chi connectivity index (χ2v) is 23.3. The van der Waals surface area contributed by atoms with Gasteiger partial charge in [-0.05, 0) is 189 Å². The second kappa shape index (κ2) is 20.0. The van der Waals surface area contributed by atoms with Crippen LogP contribution in [0.15, 0.2) is 285 Å². The number of anilines is 11. The monoisotopic (exact) mass is 1070 g/mol. The Morgan fingerprint density at radius 1 is 0.241 bits per heavy atom. The summed E-state index contributed by atoms with van der Waals surface area (Å²) in [5, 5.41) is 7.52. The largest absolute Gasteiger partial charge is 0.314 e. The number of benzene rings is 11. The third-order valence-electron chi connectivity index (χ3n) is 15.2. The smallest absolute Gasteiger partial charge is 0.0468 e. The van der Waals surface area contributed by atoms with Crippen LogP contribution in [0.4, 0.5) is 62.6 Å². The van der Waals surface area contributed by atoms with Crippen molar-refractivity contribution in [3.63, 3.8) is 0 Å². The zero-order valence-corrected chi connectivity index (χ0v) is 45.4. The SMILES string of the molecule is C1=CCCC(N(c2ccc3sc4ccc(N(c5ccccc5)c5ccccc5)cc4c3c2)c2ccc3sc4ccc(N(c5ccccc5)c5ccc6sc7ccc(N(c8ccccc8)c8ccccc8)cc7c6c5)cc4c3c2)=C1. The number of rotatable bonds is 12. The van der Waals surface area contributed by atoms with Crippen LogP contribution in [0.25, 0.3) is 60.5 Å². The molecule has 0 fully saturated rings. The van der Waals surface area contributed by atoms with Crippen molar-refractivity contribution in [2.24, 2.45) is 0 Å². The van der Waals surface area contributed by atoms with Gasteiger partial charge in [0, 0.05) is 129 Å². The Labute approximate surface area is 471 Å². The van der Waals surface area contributed by atoms with Gasteiger partial charge < -0.3 is 19.6 Å². The summed E-state index contributed by atoms with van der Waals surface area (Å²) in [5.41, 5.74) is 13.7. The molecule has 376 valence electrons. The summed E-state index contributed by atoms with van der Waals surface area (Å²) < 4.78 is 7.64. The number of hydrogen-bond donors (Lipinski definition) is 0. The molecule has 15 rings (SSSR count). The van der Waals surface area contributed by atoms with Crippen LogP contribution in [0, 0.1) is 0 Å². The van der Waals surface area contributed by atoms with Crippen molar-refractivity contribution < 1.29 is 0 Å². The highest BCUT2D eigenvalue weighted by molar-refractivity contribution is 7.26. The van der Waals surface area contributed by atoms with Gasteiger partial charge in [0.2, 0.25) is 0 Å². The first kappa shape index (κ1) is 47.0. The molecule has 0 bridgehead atoms. The quantitative estimate of drug-likeness (QED) is 0.121. The third-order valence-corrected chi connectivity index (χ3v) is 18.7. The van der Waals surface area contributed by atoms with Crippen LogP contribution < -0.4 is 19.6 Å². The summed E-state index contributed by atoms with van der Waals surface area (Å²) in [7, 11) is 0. The van der Waals surface area contributed by atoms with E-state index in [0.29, 0.717) is 0 Å². The van der Waals surface area contributed by atoms with E-state index >= 15 is 0 Å². The van der Waals surface area contributed by atoms with Crippen molar-refractivity contribution in [1.29, 1.82) is 0 Å².